The third-order valence-corrected chi connectivity index (χ3v) is 3.25. The maximum Gasteiger partial charge on any atom is 0.312 e. The smallest absolute Gasteiger partial charge is 0.312 e. The Morgan fingerprint density at radius 3 is 2.28 bits per heavy atom. The van der Waals surface area contributed by atoms with E-state index in [0.29, 0.717) is 5.92 Å². The minimum absolute atomic E-state index is 0.0389. The van der Waals surface area contributed by atoms with Gasteiger partial charge in [0.15, 0.2) is 0 Å². The van der Waals surface area contributed by atoms with Crippen molar-refractivity contribution in [3.63, 3.8) is 0 Å². The maximum atomic E-state index is 11.1. The number of urea groups is 1. The Morgan fingerprint density at radius 2 is 1.89 bits per heavy atom. The first-order chi connectivity index (χ1) is 8.18. The van der Waals surface area contributed by atoms with E-state index in [1.54, 1.807) is 0 Å². The van der Waals surface area contributed by atoms with Crippen molar-refractivity contribution < 1.29 is 9.59 Å². The zero-order chi connectivity index (χ0) is 14.3. The Balaban J connectivity index is 4.41. The average molecular weight is 257 g/mol. The molecule has 3 amide bonds. The Morgan fingerprint density at radius 1 is 1.33 bits per heavy atom. The van der Waals surface area contributed by atoms with Gasteiger partial charge in [-0.1, -0.05) is 20.3 Å². The lowest BCUT2D eigenvalue weighted by molar-refractivity contribution is -0.120. The van der Waals surface area contributed by atoms with E-state index in [2.05, 4.69) is 24.5 Å². The van der Waals surface area contributed by atoms with Crippen molar-refractivity contribution >= 4 is 11.9 Å². The fourth-order valence-corrected chi connectivity index (χ4v) is 2.02. The van der Waals surface area contributed by atoms with Crippen LogP contribution in [0, 0.1) is 5.92 Å². The molecular weight excluding hydrogens is 230 g/mol. The van der Waals surface area contributed by atoms with E-state index in [1.807, 2.05) is 13.8 Å². The van der Waals surface area contributed by atoms with E-state index in [9.17, 15) is 9.59 Å². The van der Waals surface area contributed by atoms with Crippen LogP contribution in [0.2, 0.25) is 0 Å². The van der Waals surface area contributed by atoms with E-state index < -0.39 is 6.03 Å². The number of rotatable bonds is 7. The van der Waals surface area contributed by atoms with Crippen molar-refractivity contribution in [2.24, 2.45) is 11.7 Å². The van der Waals surface area contributed by atoms with Crippen molar-refractivity contribution in [1.82, 2.24) is 10.6 Å². The van der Waals surface area contributed by atoms with Crippen LogP contribution in [0.3, 0.4) is 0 Å². The highest BCUT2D eigenvalue weighted by Crippen LogP contribution is 2.18. The zero-order valence-electron chi connectivity index (χ0n) is 12.2. The molecule has 0 aliphatic rings. The molecule has 0 spiro atoms. The molecule has 0 fully saturated rings. The second-order valence-electron chi connectivity index (χ2n) is 5.60. The molecule has 2 unspecified atom stereocenters. The molecule has 18 heavy (non-hydrogen) atoms. The molecule has 0 saturated heterocycles. The summed E-state index contributed by atoms with van der Waals surface area (Å²) in [4.78, 5) is 22.0. The van der Waals surface area contributed by atoms with Crippen LogP contribution >= 0.6 is 0 Å². The lowest BCUT2D eigenvalue weighted by Gasteiger charge is -2.30. The number of nitrogens with two attached hydrogens (primary N) is 1. The first kappa shape index (κ1) is 16.7. The van der Waals surface area contributed by atoms with Crippen LogP contribution in [-0.4, -0.2) is 23.5 Å². The number of nitrogens with one attached hydrogen (secondary N) is 2. The van der Waals surface area contributed by atoms with Gasteiger partial charge in [-0.2, -0.15) is 0 Å². The first-order valence-corrected chi connectivity index (χ1v) is 6.52. The van der Waals surface area contributed by atoms with Gasteiger partial charge in [-0.25, -0.2) is 4.79 Å². The van der Waals surface area contributed by atoms with Gasteiger partial charge in [-0.15, -0.1) is 0 Å². The summed E-state index contributed by atoms with van der Waals surface area (Å²) in [5.74, 6) is 0.327. The van der Waals surface area contributed by atoms with E-state index in [0.717, 1.165) is 19.3 Å². The minimum Gasteiger partial charge on any atom is -0.352 e. The Bertz CT molecular complexity index is 290. The Hall–Kier alpha value is -1.26. The van der Waals surface area contributed by atoms with Gasteiger partial charge in [0.2, 0.25) is 5.91 Å². The van der Waals surface area contributed by atoms with Gasteiger partial charge in [0.1, 0.15) is 0 Å². The molecular formula is C13H27N3O2. The predicted octanol–water partition coefficient (Wildman–Crippen LogP) is 1.76. The van der Waals surface area contributed by atoms with Crippen molar-refractivity contribution in [3.8, 4) is 0 Å². The van der Waals surface area contributed by atoms with Gasteiger partial charge in [0.25, 0.3) is 0 Å². The highest BCUT2D eigenvalue weighted by Gasteiger charge is 2.23. The summed E-state index contributed by atoms with van der Waals surface area (Å²) in [5.41, 5.74) is 4.92. The Labute approximate surface area is 110 Å². The number of hydrogen-bond acceptors (Lipinski definition) is 2. The van der Waals surface area contributed by atoms with E-state index in [1.165, 1.54) is 6.92 Å². The van der Waals surface area contributed by atoms with Gasteiger partial charge in [0, 0.05) is 18.5 Å². The van der Waals surface area contributed by atoms with Gasteiger partial charge >= 0.3 is 6.03 Å². The quantitative estimate of drug-likeness (QED) is 0.649. The molecule has 0 aromatic carbocycles. The van der Waals surface area contributed by atoms with Crippen LogP contribution in [0.25, 0.3) is 0 Å². The number of hydrogen-bond donors (Lipinski definition) is 3. The van der Waals surface area contributed by atoms with Gasteiger partial charge < -0.3 is 16.4 Å². The third-order valence-electron chi connectivity index (χ3n) is 3.25. The van der Waals surface area contributed by atoms with Crippen LogP contribution in [0.15, 0.2) is 0 Å². The largest absolute Gasteiger partial charge is 0.352 e. The van der Waals surface area contributed by atoms with Crippen molar-refractivity contribution in [2.75, 3.05) is 0 Å². The third kappa shape index (κ3) is 7.14. The van der Waals surface area contributed by atoms with E-state index in [-0.39, 0.29) is 17.5 Å². The van der Waals surface area contributed by atoms with Crippen LogP contribution in [0.1, 0.15) is 53.9 Å². The number of carbonyl (C=O) groups is 2. The monoisotopic (exact) mass is 257 g/mol. The fourth-order valence-electron chi connectivity index (χ4n) is 2.02. The molecule has 0 aromatic heterocycles. The highest BCUT2D eigenvalue weighted by molar-refractivity contribution is 5.73. The summed E-state index contributed by atoms with van der Waals surface area (Å²) in [6, 6.07) is -0.432. The Kier molecular flexibility index (Phi) is 6.73. The molecule has 0 aromatic rings. The normalized spacial score (nSPS) is 14.7. The number of carbonyl (C=O) groups excluding carboxylic acids is 2. The molecule has 4 N–H and O–H groups in total. The lowest BCUT2D eigenvalue weighted by atomic mass is 9.89. The average Bonchev–Trinajstić information content (AvgIpc) is 2.20. The summed E-state index contributed by atoms with van der Waals surface area (Å²) >= 11 is 0. The molecule has 0 radical (unpaired) electrons. The number of amides is 3. The molecule has 5 nitrogen and oxygen atoms in total. The highest BCUT2D eigenvalue weighted by atomic mass is 16.2. The first-order valence-electron chi connectivity index (χ1n) is 6.52. The molecule has 0 aliphatic carbocycles. The molecule has 5 heteroatoms. The van der Waals surface area contributed by atoms with Crippen LogP contribution in [0.4, 0.5) is 4.79 Å². The van der Waals surface area contributed by atoms with Crippen molar-refractivity contribution in [2.45, 2.75) is 65.5 Å². The molecule has 0 rings (SSSR count). The standard InChI is InChI=1S/C13H27N3O2/c1-6-9(2)11(15-12(14)18)7-8-13(4,5)16-10(3)17/h9,11H,6-8H2,1-5H3,(H,16,17)(H3,14,15,18). The maximum absolute atomic E-state index is 11.1. The lowest BCUT2D eigenvalue weighted by Crippen LogP contribution is -2.46. The summed E-state index contributed by atoms with van der Waals surface area (Å²) in [6.45, 7) is 9.64. The van der Waals surface area contributed by atoms with Crippen molar-refractivity contribution in [1.29, 1.82) is 0 Å². The zero-order valence-corrected chi connectivity index (χ0v) is 12.2. The molecule has 0 heterocycles. The topological polar surface area (TPSA) is 84.2 Å². The SMILES string of the molecule is CCC(C)C(CCC(C)(C)NC(C)=O)NC(N)=O. The molecule has 106 valence electrons. The second-order valence-corrected chi connectivity index (χ2v) is 5.60. The predicted molar refractivity (Wildman–Crippen MR) is 73.1 cm³/mol. The molecule has 0 bridgehead atoms. The van der Waals surface area contributed by atoms with Gasteiger partial charge in [-0.05, 0) is 32.6 Å². The summed E-state index contributed by atoms with van der Waals surface area (Å²) in [6.07, 6.45) is 2.57. The van der Waals surface area contributed by atoms with Crippen LogP contribution in [-0.2, 0) is 4.79 Å². The summed E-state index contributed by atoms with van der Waals surface area (Å²) in [7, 11) is 0. The van der Waals surface area contributed by atoms with Crippen molar-refractivity contribution in [3.05, 3.63) is 0 Å². The summed E-state index contributed by atoms with van der Waals surface area (Å²) in [5, 5.41) is 5.68. The molecule has 0 aliphatic heterocycles. The molecule has 2 atom stereocenters. The van der Waals surface area contributed by atoms with Crippen LogP contribution < -0.4 is 16.4 Å². The van der Waals surface area contributed by atoms with Gasteiger partial charge in [0.05, 0.1) is 0 Å². The fraction of sp³-hybridized carbons (Fsp3) is 0.846. The number of primary amides is 1. The van der Waals surface area contributed by atoms with Gasteiger partial charge in [-0.3, -0.25) is 4.79 Å². The van der Waals surface area contributed by atoms with E-state index >= 15 is 0 Å². The molecule has 0 saturated carbocycles. The second kappa shape index (κ2) is 7.24. The van der Waals surface area contributed by atoms with E-state index in [4.69, 9.17) is 5.73 Å². The van der Waals surface area contributed by atoms with Crippen LogP contribution in [0.5, 0.6) is 0 Å². The minimum atomic E-state index is -0.488. The summed E-state index contributed by atoms with van der Waals surface area (Å²) < 4.78 is 0.